The summed E-state index contributed by atoms with van der Waals surface area (Å²) in [6.07, 6.45) is 6.43. The van der Waals surface area contributed by atoms with Crippen molar-refractivity contribution in [3.63, 3.8) is 0 Å². The third-order valence-corrected chi connectivity index (χ3v) is 6.07. The summed E-state index contributed by atoms with van der Waals surface area (Å²) in [5.74, 6) is 0.602. The van der Waals surface area contributed by atoms with Gasteiger partial charge in [0.1, 0.15) is 5.69 Å². The second-order valence-electron chi connectivity index (χ2n) is 8.30. The molecule has 2 aromatic carbocycles. The summed E-state index contributed by atoms with van der Waals surface area (Å²) in [7, 11) is 0. The predicted molar refractivity (Wildman–Crippen MR) is 133 cm³/mol. The first-order valence-electron chi connectivity index (χ1n) is 11.2. The number of pyridine rings is 1. The van der Waals surface area contributed by atoms with Gasteiger partial charge < -0.3 is 14.6 Å². The lowest BCUT2D eigenvalue weighted by Gasteiger charge is -2.18. The van der Waals surface area contributed by atoms with Crippen molar-refractivity contribution in [2.24, 2.45) is 0 Å². The third-order valence-electron chi connectivity index (χ3n) is 6.07. The molecule has 1 aliphatic rings. The molecule has 0 saturated carbocycles. The zero-order chi connectivity index (χ0) is 23.1. The van der Waals surface area contributed by atoms with Gasteiger partial charge in [-0.25, -0.2) is 15.0 Å². The van der Waals surface area contributed by atoms with E-state index in [-0.39, 0.29) is 5.91 Å². The molecule has 0 saturated heterocycles. The first-order valence-corrected chi connectivity index (χ1v) is 11.2. The Hall–Kier alpha value is -4.52. The van der Waals surface area contributed by atoms with Crippen LogP contribution in [0.2, 0.25) is 0 Å². The van der Waals surface area contributed by atoms with Gasteiger partial charge in [0.2, 0.25) is 0 Å². The number of hydrogen-bond acceptors (Lipinski definition) is 5. The molecule has 3 aromatic heterocycles. The molecule has 7 nitrogen and oxygen atoms in total. The molecule has 0 spiro atoms. The van der Waals surface area contributed by atoms with E-state index in [1.807, 2.05) is 83.2 Å². The number of nitrogens with zero attached hydrogens (tertiary/aromatic N) is 5. The molecule has 0 unspecified atom stereocenters. The van der Waals surface area contributed by atoms with Gasteiger partial charge in [-0.1, -0.05) is 36.4 Å². The highest BCUT2D eigenvalue weighted by atomic mass is 16.2. The maximum absolute atomic E-state index is 13.2. The SMILES string of the molecule is Cc1cccc(C(=O)N2CCc3c(-c4cn5ccnc5c(Nc5ccccc5)n4)cccc32)n1. The number of anilines is 3. The van der Waals surface area contributed by atoms with E-state index in [1.54, 1.807) is 12.3 Å². The quantitative estimate of drug-likeness (QED) is 0.418. The average Bonchev–Trinajstić information content (AvgIpc) is 3.51. The summed E-state index contributed by atoms with van der Waals surface area (Å²) >= 11 is 0. The van der Waals surface area contributed by atoms with Crippen molar-refractivity contribution in [1.29, 1.82) is 0 Å². The number of carbonyl (C=O) groups excluding carboxylic acids is 1. The van der Waals surface area contributed by atoms with Gasteiger partial charge in [0.15, 0.2) is 11.5 Å². The van der Waals surface area contributed by atoms with Gasteiger partial charge in [-0.3, -0.25) is 4.79 Å². The van der Waals surface area contributed by atoms with Gasteiger partial charge in [-0.05, 0) is 49.2 Å². The van der Waals surface area contributed by atoms with Crippen molar-refractivity contribution in [3.8, 4) is 11.3 Å². The van der Waals surface area contributed by atoms with Crippen LogP contribution in [-0.2, 0) is 6.42 Å². The van der Waals surface area contributed by atoms with Crippen LogP contribution >= 0.6 is 0 Å². The Morgan fingerprint density at radius 1 is 0.971 bits per heavy atom. The smallest absolute Gasteiger partial charge is 0.276 e. The zero-order valence-electron chi connectivity index (χ0n) is 18.6. The number of carbonyl (C=O) groups is 1. The molecule has 34 heavy (non-hydrogen) atoms. The summed E-state index contributed by atoms with van der Waals surface area (Å²) in [6.45, 7) is 2.51. The molecular formula is C27H22N6O. The van der Waals surface area contributed by atoms with E-state index in [1.165, 1.54) is 0 Å². The highest BCUT2D eigenvalue weighted by Gasteiger charge is 2.29. The number of aromatic nitrogens is 4. The fourth-order valence-corrected chi connectivity index (χ4v) is 4.49. The van der Waals surface area contributed by atoms with Crippen LogP contribution in [0.25, 0.3) is 16.9 Å². The van der Waals surface area contributed by atoms with Gasteiger partial charge in [0.25, 0.3) is 5.91 Å². The Morgan fingerprint density at radius 3 is 2.68 bits per heavy atom. The lowest BCUT2D eigenvalue weighted by Crippen LogP contribution is -2.29. The molecule has 1 amide bonds. The second-order valence-corrected chi connectivity index (χ2v) is 8.30. The van der Waals surface area contributed by atoms with Crippen LogP contribution in [0.3, 0.4) is 0 Å². The van der Waals surface area contributed by atoms with Gasteiger partial charge in [-0.15, -0.1) is 0 Å². The molecule has 0 radical (unpaired) electrons. The molecule has 7 heteroatoms. The highest BCUT2D eigenvalue weighted by molar-refractivity contribution is 6.06. The Morgan fingerprint density at radius 2 is 1.82 bits per heavy atom. The van der Waals surface area contributed by atoms with Gasteiger partial charge in [-0.2, -0.15) is 0 Å². The molecule has 4 heterocycles. The summed E-state index contributed by atoms with van der Waals surface area (Å²) in [6, 6.07) is 21.5. The number of aryl methyl sites for hydroxylation is 1. The summed E-state index contributed by atoms with van der Waals surface area (Å²) in [5, 5.41) is 3.40. The first kappa shape index (κ1) is 20.1. The second kappa shape index (κ2) is 8.12. The van der Waals surface area contributed by atoms with Crippen LogP contribution in [0.15, 0.2) is 85.3 Å². The van der Waals surface area contributed by atoms with Crippen LogP contribution < -0.4 is 10.2 Å². The zero-order valence-corrected chi connectivity index (χ0v) is 18.6. The number of imidazole rings is 1. The summed E-state index contributed by atoms with van der Waals surface area (Å²) in [4.78, 5) is 28.9. The Balaban J connectivity index is 1.41. The fraction of sp³-hybridized carbons (Fsp3) is 0.111. The summed E-state index contributed by atoms with van der Waals surface area (Å²) in [5.41, 5.74) is 6.85. The van der Waals surface area contributed by atoms with Crippen molar-refractivity contribution in [2.45, 2.75) is 13.3 Å². The van der Waals surface area contributed by atoms with Crippen LogP contribution in [-0.4, -0.2) is 31.8 Å². The molecule has 0 aliphatic carbocycles. The largest absolute Gasteiger partial charge is 0.337 e. The van der Waals surface area contributed by atoms with E-state index < -0.39 is 0 Å². The van der Waals surface area contributed by atoms with Crippen molar-refractivity contribution in [2.75, 3.05) is 16.8 Å². The molecule has 0 bridgehead atoms. The molecule has 5 aromatic rings. The number of nitrogens with one attached hydrogen (secondary N) is 1. The number of para-hydroxylation sites is 1. The van der Waals surface area contributed by atoms with Crippen LogP contribution in [0.4, 0.5) is 17.2 Å². The Kier molecular flexibility index (Phi) is 4.80. The molecule has 166 valence electrons. The normalized spacial score (nSPS) is 12.7. The number of hydrogen-bond donors (Lipinski definition) is 1. The number of fused-ring (bicyclic) bond motifs is 2. The van der Waals surface area contributed by atoms with Crippen LogP contribution in [0.5, 0.6) is 0 Å². The number of rotatable bonds is 4. The van der Waals surface area contributed by atoms with E-state index in [0.717, 1.165) is 46.0 Å². The maximum Gasteiger partial charge on any atom is 0.276 e. The summed E-state index contributed by atoms with van der Waals surface area (Å²) < 4.78 is 1.97. The Labute approximate surface area is 196 Å². The Bertz CT molecular complexity index is 1530. The monoisotopic (exact) mass is 446 g/mol. The molecule has 6 rings (SSSR count). The number of benzene rings is 2. The average molecular weight is 447 g/mol. The lowest BCUT2D eigenvalue weighted by atomic mass is 10.0. The lowest BCUT2D eigenvalue weighted by molar-refractivity contribution is 0.0984. The van der Waals surface area contributed by atoms with E-state index in [4.69, 9.17) is 4.98 Å². The molecular weight excluding hydrogens is 424 g/mol. The van der Waals surface area contributed by atoms with E-state index in [2.05, 4.69) is 21.4 Å². The minimum absolute atomic E-state index is 0.0796. The van der Waals surface area contributed by atoms with Crippen molar-refractivity contribution >= 4 is 28.7 Å². The molecule has 1 N–H and O–H groups in total. The molecule has 0 fully saturated rings. The van der Waals surface area contributed by atoms with Crippen LogP contribution in [0, 0.1) is 6.92 Å². The molecule has 0 atom stereocenters. The fourth-order valence-electron chi connectivity index (χ4n) is 4.49. The van der Waals surface area contributed by atoms with Crippen LogP contribution in [0.1, 0.15) is 21.7 Å². The van der Waals surface area contributed by atoms with Crippen molar-refractivity contribution in [3.05, 3.63) is 102 Å². The topological polar surface area (TPSA) is 75.4 Å². The van der Waals surface area contributed by atoms with E-state index in [9.17, 15) is 4.79 Å². The first-order chi connectivity index (χ1) is 16.7. The van der Waals surface area contributed by atoms with E-state index in [0.29, 0.717) is 18.1 Å². The number of amides is 1. The predicted octanol–water partition coefficient (Wildman–Crippen LogP) is 5.05. The standard InChI is InChI=1S/C27H22N6O/c1-18-7-5-11-22(29-18)27(34)33-15-13-21-20(10-6-12-24(21)33)23-17-32-16-14-28-26(32)25(31-23)30-19-8-3-2-4-9-19/h2-12,14,16-17H,13,15H2,1H3,(H,30,31). The minimum Gasteiger partial charge on any atom is -0.337 e. The van der Waals surface area contributed by atoms with E-state index >= 15 is 0 Å². The minimum atomic E-state index is -0.0796. The van der Waals surface area contributed by atoms with Gasteiger partial charge >= 0.3 is 0 Å². The molecule has 1 aliphatic heterocycles. The highest BCUT2D eigenvalue weighted by Crippen LogP contribution is 2.37. The third kappa shape index (κ3) is 3.47. The maximum atomic E-state index is 13.2. The van der Waals surface area contributed by atoms with Gasteiger partial charge in [0, 0.05) is 47.8 Å². The van der Waals surface area contributed by atoms with Crippen molar-refractivity contribution < 1.29 is 4.79 Å². The van der Waals surface area contributed by atoms with Gasteiger partial charge in [0.05, 0.1) is 5.69 Å². The van der Waals surface area contributed by atoms with Crippen molar-refractivity contribution in [1.82, 2.24) is 19.4 Å².